The smallest absolute Gasteiger partial charge is 0.0609 e. The molecule has 0 bridgehead atoms. The first-order chi connectivity index (χ1) is 6.11. The van der Waals surface area contributed by atoms with Crippen molar-refractivity contribution in [2.45, 2.75) is 19.2 Å². The Morgan fingerprint density at radius 2 is 2.00 bits per heavy atom. The summed E-state index contributed by atoms with van der Waals surface area (Å²) in [6, 6.07) is 1.90. The van der Waals surface area contributed by atoms with Crippen molar-refractivity contribution in [3.63, 3.8) is 0 Å². The van der Waals surface area contributed by atoms with Gasteiger partial charge < -0.3 is 0 Å². The molecular formula is C9H8BrCl3. The number of aryl methyl sites for hydroxylation is 1. The summed E-state index contributed by atoms with van der Waals surface area (Å²) in [6.45, 7) is 2.05. The Balaban J connectivity index is 3.37. The van der Waals surface area contributed by atoms with Crippen molar-refractivity contribution in [3.05, 3.63) is 31.7 Å². The maximum atomic E-state index is 6.07. The molecule has 0 N–H and O–H groups in total. The molecule has 0 spiro atoms. The molecule has 0 aliphatic rings. The van der Waals surface area contributed by atoms with E-state index in [2.05, 4.69) is 15.9 Å². The lowest BCUT2D eigenvalue weighted by Crippen LogP contribution is -1.90. The van der Waals surface area contributed by atoms with Crippen molar-refractivity contribution < 1.29 is 0 Å². The third-order valence-corrected chi connectivity index (χ3v) is 4.00. The van der Waals surface area contributed by atoms with Crippen LogP contribution in [0.1, 0.15) is 18.1 Å². The number of rotatable bonds is 2. The topological polar surface area (TPSA) is 0 Å². The molecule has 0 amide bonds. The van der Waals surface area contributed by atoms with E-state index in [1.807, 2.05) is 13.0 Å². The van der Waals surface area contributed by atoms with Gasteiger partial charge in [0, 0.05) is 15.1 Å². The minimum absolute atomic E-state index is 0.334. The summed E-state index contributed by atoms with van der Waals surface area (Å²) in [5.74, 6) is 0.334. The van der Waals surface area contributed by atoms with Crippen LogP contribution in [-0.4, -0.2) is 0 Å². The Labute approximate surface area is 101 Å². The zero-order valence-electron chi connectivity index (χ0n) is 7.00. The van der Waals surface area contributed by atoms with Crippen LogP contribution in [0.4, 0.5) is 0 Å². The van der Waals surface area contributed by atoms with Crippen LogP contribution in [0.25, 0.3) is 0 Å². The van der Waals surface area contributed by atoms with Crippen LogP contribution >= 0.6 is 50.7 Å². The Morgan fingerprint density at radius 3 is 2.46 bits per heavy atom. The molecule has 0 radical (unpaired) electrons. The van der Waals surface area contributed by atoms with Crippen LogP contribution in [0.5, 0.6) is 0 Å². The van der Waals surface area contributed by atoms with Crippen LogP contribution in [0, 0.1) is 0 Å². The molecule has 1 aromatic carbocycles. The second-order valence-corrected chi connectivity index (χ2v) is 4.46. The predicted octanol–water partition coefficient (Wildman–Crippen LogP) is 5.06. The van der Waals surface area contributed by atoms with E-state index >= 15 is 0 Å². The summed E-state index contributed by atoms with van der Waals surface area (Å²) in [4.78, 5) is 0. The highest BCUT2D eigenvalue weighted by Crippen LogP contribution is 2.36. The van der Waals surface area contributed by atoms with Crippen molar-refractivity contribution >= 4 is 50.7 Å². The molecule has 72 valence electrons. The summed E-state index contributed by atoms with van der Waals surface area (Å²) < 4.78 is 0.900. The molecule has 0 heterocycles. The normalized spacial score (nSPS) is 10.5. The van der Waals surface area contributed by atoms with Crippen LogP contribution in [0.3, 0.4) is 0 Å². The zero-order valence-corrected chi connectivity index (χ0v) is 10.9. The van der Waals surface area contributed by atoms with Gasteiger partial charge in [-0.05, 0) is 34.0 Å². The fraction of sp³-hybridized carbons (Fsp3) is 0.333. The quantitative estimate of drug-likeness (QED) is 0.529. The van der Waals surface area contributed by atoms with Crippen LogP contribution in [-0.2, 0) is 12.3 Å². The average molecular weight is 302 g/mol. The van der Waals surface area contributed by atoms with Crippen LogP contribution in [0.15, 0.2) is 10.5 Å². The number of halogens is 4. The molecule has 0 fully saturated rings. The van der Waals surface area contributed by atoms with E-state index < -0.39 is 0 Å². The van der Waals surface area contributed by atoms with E-state index in [9.17, 15) is 0 Å². The lowest BCUT2D eigenvalue weighted by molar-refractivity contribution is 1.12. The number of hydrogen-bond donors (Lipinski definition) is 0. The third kappa shape index (κ3) is 2.33. The van der Waals surface area contributed by atoms with Crippen molar-refractivity contribution in [1.29, 1.82) is 0 Å². The molecule has 0 saturated heterocycles. The van der Waals surface area contributed by atoms with Gasteiger partial charge in [0.2, 0.25) is 0 Å². The highest BCUT2D eigenvalue weighted by molar-refractivity contribution is 9.10. The zero-order chi connectivity index (χ0) is 10.0. The summed E-state index contributed by atoms with van der Waals surface area (Å²) in [6.07, 6.45) is 0.891. The summed E-state index contributed by atoms with van der Waals surface area (Å²) >= 11 is 21.2. The van der Waals surface area contributed by atoms with Gasteiger partial charge in [0.15, 0.2) is 0 Å². The highest BCUT2D eigenvalue weighted by Gasteiger charge is 2.11. The molecule has 1 rings (SSSR count). The first-order valence-electron chi connectivity index (χ1n) is 3.83. The van der Waals surface area contributed by atoms with Crippen LogP contribution < -0.4 is 0 Å². The van der Waals surface area contributed by atoms with Crippen molar-refractivity contribution in [3.8, 4) is 0 Å². The van der Waals surface area contributed by atoms with Gasteiger partial charge in [0.25, 0.3) is 0 Å². The second kappa shape index (κ2) is 4.88. The van der Waals surface area contributed by atoms with E-state index in [-0.39, 0.29) is 0 Å². The summed E-state index contributed by atoms with van der Waals surface area (Å²) in [5, 5.41) is 1.26. The van der Waals surface area contributed by atoms with E-state index in [4.69, 9.17) is 34.8 Å². The maximum absolute atomic E-state index is 6.07. The Bertz CT molecular complexity index is 323. The van der Waals surface area contributed by atoms with Gasteiger partial charge in [0.1, 0.15) is 0 Å². The summed E-state index contributed by atoms with van der Waals surface area (Å²) in [5.41, 5.74) is 1.89. The Kier molecular flexibility index (Phi) is 4.37. The third-order valence-electron chi connectivity index (χ3n) is 1.84. The predicted molar refractivity (Wildman–Crippen MR) is 63.1 cm³/mol. The van der Waals surface area contributed by atoms with Crippen molar-refractivity contribution in [2.24, 2.45) is 0 Å². The average Bonchev–Trinajstić information content (AvgIpc) is 2.12. The van der Waals surface area contributed by atoms with Gasteiger partial charge >= 0.3 is 0 Å². The van der Waals surface area contributed by atoms with Gasteiger partial charge in [-0.15, -0.1) is 11.6 Å². The first kappa shape index (κ1) is 11.6. The molecule has 0 aromatic heterocycles. The number of hydrogen-bond acceptors (Lipinski definition) is 0. The lowest BCUT2D eigenvalue weighted by Gasteiger charge is -2.09. The Morgan fingerprint density at radius 1 is 1.38 bits per heavy atom. The number of alkyl halides is 1. The fourth-order valence-corrected chi connectivity index (χ4v) is 2.74. The van der Waals surface area contributed by atoms with Crippen molar-refractivity contribution in [1.82, 2.24) is 0 Å². The molecule has 0 saturated carbocycles. The van der Waals surface area contributed by atoms with E-state index in [1.54, 1.807) is 0 Å². The molecule has 0 nitrogen and oxygen atoms in total. The van der Waals surface area contributed by atoms with Gasteiger partial charge in [-0.1, -0.05) is 30.1 Å². The van der Waals surface area contributed by atoms with Gasteiger partial charge in [-0.3, -0.25) is 0 Å². The van der Waals surface area contributed by atoms with E-state index in [1.165, 1.54) is 0 Å². The minimum atomic E-state index is 0.334. The van der Waals surface area contributed by atoms with Gasteiger partial charge in [-0.25, -0.2) is 0 Å². The minimum Gasteiger partial charge on any atom is -0.121 e. The molecule has 0 atom stereocenters. The Hall–Kier alpha value is 0.570. The van der Waals surface area contributed by atoms with Gasteiger partial charge in [0.05, 0.1) is 10.9 Å². The molecule has 13 heavy (non-hydrogen) atoms. The number of benzene rings is 1. The maximum Gasteiger partial charge on any atom is 0.0609 e. The van der Waals surface area contributed by atoms with Crippen LogP contribution in [0.2, 0.25) is 10.0 Å². The first-order valence-corrected chi connectivity index (χ1v) is 5.91. The molecule has 0 aliphatic carbocycles. The fourth-order valence-electron chi connectivity index (χ4n) is 1.06. The lowest BCUT2D eigenvalue weighted by atomic mass is 10.1. The van der Waals surface area contributed by atoms with E-state index in [0.29, 0.717) is 15.9 Å². The molecule has 1 aromatic rings. The second-order valence-electron chi connectivity index (χ2n) is 2.61. The standard InChI is InChI=1S/C9H8BrCl3/c1-2-5-3-7(12)6(4-11)9(13)8(5)10/h3H,2,4H2,1H3. The molecule has 0 aliphatic heterocycles. The monoisotopic (exact) mass is 300 g/mol. The van der Waals surface area contributed by atoms with E-state index in [0.717, 1.165) is 22.0 Å². The highest BCUT2D eigenvalue weighted by atomic mass is 79.9. The molecular weight excluding hydrogens is 294 g/mol. The van der Waals surface area contributed by atoms with Crippen molar-refractivity contribution in [2.75, 3.05) is 0 Å². The largest absolute Gasteiger partial charge is 0.121 e. The van der Waals surface area contributed by atoms with Gasteiger partial charge in [-0.2, -0.15) is 0 Å². The SMILES string of the molecule is CCc1cc(Cl)c(CCl)c(Cl)c1Br. The molecule has 0 unspecified atom stereocenters. The summed E-state index contributed by atoms with van der Waals surface area (Å²) in [7, 11) is 0. The molecule has 4 heteroatoms.